The van der Waals surface area contributed by atoms with Gasteiger partial charge in [-0.2, -0.15) is 13.2 Å². The van der Waals surface area contributed by atoms with Crippen LogP contribution in [-0.2, 0) is 6.42 Å². The summed E-state index contributed by atoms with van der Waals surface area (Å²) in [5.41, 5.74) is 1.10. The monoisotopic (exact) mass is 419 g/mol. The average Bonchev–Trinajstić information content (AvgIpc) is 2.92. The number of hydrogen-bond acceptors (Lipinski definition) is 4. The van der Waals surface area contributed by atoms with Crippen LogP contribution in [0.3, 0.4) is 0 Å². The second-order valence-corrected chi connectivity index (χ2v) is 8.59. The van der Waals surface area contributed by atoms with Crippen LogP contribution in [0.2, 0.25) is 0 Å². The van der Waals surface area contributed by atoms with Gasteiger partial charge in [-0.1, -0.05) is 0 Å². The van der Waals surface area contributed by atoms with E-state index in [1.807, 2.05) is 20.8 Å². The molecule has 0 amide bonds. The molecular formula is C19H32F3N5S. The van der Waals surface area contributed by atoms with Crippen LogP contribution in [0.25, 0.3) is 0 Å². The Bertz CT molecular complexity index is 622. The van der Waals surface area contributed by atoms with Crippen molar-refractivity contribution in [2.24, 2.45) is 10.9 Å². The van der Waals surface area contributed by atoms with Crippen molar-refractivity contribution < 1.29 is 13.2 Å². The molecule has 1 aliphatic rings. The fourth-order valence-corrected chi connectivity index (χ4v) is 4.42. The number of aryl methyl sites for hydroxylation is 2. The lowest BCUT2D eigenvalue weighted by molar-refractivity contribution is -0.148. The summed E-state index contributed by atoms with van der Waals surface area (Å²) in [5, 5.41) is 7.71. The highest BCUT2D eigenvalue weighted by molar-refractivity contribution is 7.11. The van der Waals surface area contributed by atoms with E-state index < -0.39 is 12.7 Å². The number of piperidine rings is 1. The number of alkyl halides is 3. The molecule has 0 radical (unpaired) electrons. The maximum atomic E-state index is 12.5. The van der Waals surface area contributed by atoms with Gasteiger partial charge in [0.1, 0.15) is 0 Å². The fourth-order valence-electron chi connectivity index (χ4n) is 3.49. The van der Waals surface area contributed by atoms with E-state index in [2.05, 4.69) is 20.6 Å². The topological polar surface area (TPSA) is 52.6 Å². The predicted molar refractivity (Wildman–Crippen MR) is 109 cm³/mol. The highest BCUT2D eigenvalue weighted by atomic mass is 32.1. The summed E-state index contributed by atoms with van der Waals surface area (Å²) in [4.78, 5) is 11.9. The SMILES string of the molecule is CCNC(=NCCC1CCN(CC(F)(F)F)CC1)NCCc1sc(C)nc1C. The molecule has 9 heteroatoms. The van der Waals surface area contributed by atoms with Gasteiger partial charge in [0.05, 0.1) is 17.2 Å². The molecule has 0 atom stereocenters. The second-order valence-electron chi connectivity index (χ2n) is 7.30. The summed E-state index contributed by atoms with van der Waals surface area (Å²) in [6.45, 7) is 8.64. The molecule has 0 aliphatic carbocycles. The summed E-state index contributed by atoms with van der Waals surface area (Å²) in [7, 11) is 0. The fraction of sp³-hybridized carbons (Fsp3) is 0.789. The number of guanidine groups is 1. The summed E-state index contributed by atoms with van der Waals surface area (Å²) in [5.74, 6) is 1.26. The van der Waals surface area contributed by atoms with Crippen LogP contribution in [0.4, 0.5) is 13.2 Å². The third-order valence-corrected chi connectivity index (χ3v) is 6.04. The van der Waals surface area contributed by atoms with Crippen LogP contribution >= 0.6 is 11.3 Å². The van der Waals surface area contributed by atoms with E-state index in [9.17, 15) is 13.2 Å². The largest absolute Gasteiger partial charge is 0.401 e. The summed E-state index contributed by atoms with van der Waals surface area (Å²) >= 11 is 1.73. The van der Waals surface area contributed by atoms with Crippen molar-refractivity contribution in [1.82, 2.24) is 20.5 Å². The number of nitrogens with zero attached hydrogens (tertiary/aromatic N) is 3. The van der Waals surface area contributed by atoms with Crippen LogP contribution in [0.15, 0.2) is 4.99 Å². The second kappa shape index (κ2) is 11.0. The Morgan fingerprint density at radius 2 is 1.96 bits per heavy atom. The van der Waals surface area contributed by atoms with Gasteiger partial charge in [-0.25, -0.2) is 4.98 Å². The van der Waals surface area contributed by atoms with E-state index in [1.54, 1.807) is 11.3 Å². The highest BCUT2D eigenvalue weighted by Crippen LogP contribution is 2.24. The van der Waals surface area contributed by atoms with Gasteiger partial charge < -0.3 is 10.6 Å². The number of likely N-dealkylation sites (tertiary alicyclic amines) is 1. The predicted octanol–water partition coefficient (Wildman–Crippen LogP) is 3.52. The first kappa shape index (κ1) is 22.9. The molecule has 1 saturated heterocycles. The Balaban J connectivity index is 1.70. The Morgan fingerprint density at radius 1 is 1.25 bits per heavy atom. The molecule has 28 heavy (non-hydrogen) atoms. The van der Waals surface area contributed by atoms with Crippen LogP contribution in [0, 0.1) is 19.8 Å². The summed E-state index contributed by atoms with van der Waals surface area (Å²) in [6, 6.07) is 0. The van der Waals surface area contributed by atoms with Crippen molar-refractivity contribution >= 4 is 17.3 Å². The smallest absolute Gasteiger partial charge is 0.357 e. The molecule has 1 fully saturated rings. The third kappa shape index (κ3) is 8.34. The van der Waals surface area contributed by atoms with E-state index in [0.29, 0.717) is 25.6 Å². The molecule has 0 saturated carbocycles. The standard InChI is InChI=1S/C19H32F3N5S/c1-4-23-18(25-10-6-17-14(2)26-15(3)28-17)24-9-5-16-7-11-27(12-8-16)13-19(20,21)22/h16H,4-13H2,1-3H3,(H2,23,24,25). The number of halogens is 3. The van der Waals surface area contributed by atoms with E-state index in [1.165, 1.54) is 9.78 Å². The van der Waals surface area contributed by atoms with Gasteiger partial charge in [0.2, 0.25) is 0 Å². The van der Waals surface area contributed by atoms with Gasteiger partial charge in [0.25, 0.3) is 0 Å². The highest BCUT2D eigenvalue weighted by Gasteiger charge is 2.32. The van der Waals surface area contributed by atoms with Crippen molar-refractivity contribution in [3.8, 4) is 0 Å². The van der Waals surface area contributed by atoms with Gasteiger partial charge in [0.15, 0.2) is 5.96 Å². The minimum atomic E-state index is -4.10. The number of hydrogen-bond donors (Lipinski definition) is 2. The number of rotatable bonds is 8. The Labute approximate surface area is 169 Å². The van der Waals surface area contributed by atoms with Gasteiger partial charge in [-0.05, 0) is 59.0 Å². The first-order valence-corrected chi connectivity index (χ1v) is 10.8. The van der Waals surface area contributed by atoms with Gasteiger partial charge in [-0.3, -0.25) is 9.89 Å². The van der Waals surface area contributed by atoms with Crippen LogP contribution < -0.4 is 10.6 Å². The van der Waals surface area contributed by atoms with E-state index >= 15 is 0 Å². The quantitative estimate of drug-likeness (QED) is 0.500. The molecule has 2 rings (SSSR count). The minimum absolute atomic E-state index is 0.457. The molecule has 5 nitrogen and oxygen atoms in total. The van der Waals surface area contributed by atoms with Crippen LogP contribution in [0.5, 0.6) is 0 Å². The molecule has 1 aromatic rings. The Morgan fingerprint density at radius 3 is 2.54 bits per heavy atom. The van der Waals surface area contributed by atoms with Crippen molar-refractivity contribution in [3.63, 3.8) is 0 Å². The molecule has 0 spiro atoms. The first-order valence-electron chi connectivity index (χ1n) is 10.0. The van der Waals surface area contributed by atoms with Gasteiger partial charge in [0, 0.05) is 30.9 Å². The lowest BCUT2D eigenvalue weighted by atomic mass is 9.93. The Hall–Kier alpha value is -1.35. The first-order chi connectivity index (χ1) is 13.3. The molecule has 0 aromatic carbocycles. The van der Waals surface area contributed by atoms with Gasteiger partial charge in [-0.15, -0.1) is 11.3 Å². The molecule has 160 valence electrons. The van der Waals surface area contributed by atoms with Crippen molar-refractivity contribution in [2.75, 3.05) is 39.3 Å². The van der Waals surface area contributed by atoms with Gasteiger partial charge >= 0.3 is 6.18 Å². The number of aliphatic imine (C=N–C) groups is 1. The zero-order valence-electron chi connectivity index (χ0n) is 17.0. The molecule has 0 unspecified atom stereocenters. The molecule has 0 bridgehead atoms. The Kier molecular flexibility index (Phi) is 9.01. The van der Waals surface area contributed by atoms with E-state index in [0.717, 1.165) is 55.4 Å². The zero-order valence-corrected chi connectivity index (χ0v) is 17.8. The number of thiazole rings is 1. The van der Waals surface area contributed by atoms with Crippen molar-refractivity contribution in [3.05, 3.63) is 15.6 Å². The zero-order chi connectivity index (χ0) is 20.6. The average molecular weight is 420 g/mol. The minimum Gasteiger partial charge on any atom is -0.357 e. The maximum absolute atomic E-state index is 12.5. The molecular weight excluding hydrogens is 387 g/mol. The molecule has 1 aliphatic heterocycles. The third-order valence-electron chi connectivity index (χ3n) is 4.91. The molecule has 1 aromatic heterocycles. The van der Waals surface area contributed by atoms with Crippen LogP contribution in [0.1, 0.15) is 41.8 Å². The summed E-state index contributed by atoms with van der Waals surface area (Å²) < 4.78 is 37.4. The number of nitrogens with one attached hydrogen (secondary N) is 2. The normalized spacial score (nSPS) is 17.1. The van der Waals surface area contributed by atoms with E-state index in [4.69, 9.17) is 0 Å². The molecule has 2 heterocycles. The molecule has 2 N–H and O–H groups in total. The lowest BCUT2D eigenvalue weighted by Crippen LogP contribution is -2.40. The van der Waals surface area contributed by atoms with Crippen molar-refractivity contribution in [1.29, 1.82) is 0 Å². The maximum Gasteiger partial charge on any atom is 0.401 e. The van der Waals surface area contributed by atoms with Crippen LogP contribution in [-0.4, -0.2) is 61.3 Å². The summed E-state index contributed by atoms with van der Waals surface area (Å²) in [6.07, 6.45) is -0.623. The van der Waals surface area contributed by atoms with Crippen molar-refractivity contribution in [2.45, 2.75) is 52.6 Å². The van der Waals surface area contributed by atoms with E-state index in [-0.39, 0.29) is 0 Å². The lowest BCUT2D eigenvalue weighted by Gasteiger charge is -2.32. The number of aromatic nitrogens is 1.